The molecule has 1 atom stereocenters. The SMILES string of the molecule is COc1cc(C)ccc1-c1nc(C(N)C(C)C)no1. The average molecular weight is 261 g/mol. The minimum atomic E-state index is -0.228. The van der Waals surface area contributed by atoms with Gasteiger partial charge in [0.05, 0.1) is 18.7 Å². The maximum Gasteiger partial charge on any atom is 0.261 e. The molecule has 5 heteroatoms. The van der Waals surface area contributed by atoms with Crippen LogP contribution in [0.1, 0.15) is 31.3 Å². The third-order valence-corrected chi connectivity index (χ3v) is 3.05. The Labute approximate surface area is 112 Å². The van der Waals surface area contributed by atoms with Gasteiger partial charge in [-0.15, -0.1) is 0 Å². The molecular weight excluding hydrogens is 242 g/mol. The summed E-state index contributed by atoms with van der Waals surface area (Å²) in [6, 6.07) is 5.59. The molecule has 2 N–H and O–H groups in total. The molecular formula is C14H19N3O2. The van der Waals surface area contributed by atoms with E-state index in [9.17, 15) is 0 Å². The Morgan fingerprint density at radius 3 is 2.68 bits per heavy atom. The normalized spacial score (nSPS) is 12.7. The molecule has 0 amide bonds. The highest BCUT2D eigenvalue weighted by atomic mass is 16.5. The zero-order valence-corrected chi connectivity index (χ0v) is 11.7. The Balaban J connectivity index is 2.38. The number of benzene rings is 1. The van der Waals surface area contributed by atoms with E-state index in [0.29, 0.717) is 17.5 Å². The molecule has 2 rings (SSSR count). The van der Waals surface area contributed by atoms with Gasteiger partial charge in [-0.05, 0) is 30.5 Å². The summed E-state index contributed by atoms with van der Waals surface area (Å²) >= 11 is 0. The Morgan fingerprint density at radius 1 is 1.32 bits per heavy atom. The van der Waals surface area contributed by atoms with E-state index in [1.54, 1.807) is 7.11 Å². The molecule has 0 aliphatic rings. The van der Waals surface area contributed by atoms with Crippen molar-refractivity contribution in [3.63, 3.8) is 0 Å². The predicted molar refractivity (Wildman–Crippen MR) is 72.8 cm³/mol. The average Bonchev–Trinajstić information content (AvgIpc) is 2.86. The summed E-state index contributed by atoms with van der Waals surface area (Å²) in [7, 11) is 1.62. The van der Waals surface area contributed by atoms with E-state index in [0.717, 1.165) is 11.1 Å². The van der Waals surface area contributed by atoms with Crippen LogP contribution in [0.15, 0.2) is 22.7 Å². The number of hydrogen-bond acceptors (Lipinski definition) is 5. The Morgan fingerprint density at radius 2 is 2.05 bits per heavy atom. The van der Waals surface area contributed by atoms with Crippen molar-refractivity contribution in [2.75, 3.05) is 7.11 Å². The minimum Gasteiger partial charge on any atom is -0.496 e. The van der Waals surface area contributed by atoms with E-state index in [4.69, 9.17) is 15.0 Å². The van der Waals surface area contributed by atoms with Crippen molar-refractivity contribution in [2.24, 2.45) is 11.7 Å². The second kappa shape index (κ2) is 5.40. The van der Waals surface area contributed by atoms with Crippen LogP contribution in [0.2, 0.25) is 0 Å². The fourth-order valence-corrected chi connectivity index (χ4v) is 1.75. The second-order valence-electron chi connectivity index (χ2n) is 4.93. The molecule has 1 aromatic carbocycles. The minimum absolute atomic E-state index is 0.228. The lowest BCUT2D eigenvalue weighted by Gasteiger charge is -2.09. The third-order valence-electron chi connectivity index (χ3n) is 3.05. The van der Waals surface area contributed by atoms with E-state index in [1.165, 1.54) is 0 Å². The van der Waals surface area contributed by atoms with E-state index in [-0.39, 0.29) is 12.0 Å². The molecule has 1 unspecified atom stereocenters. The van der Waals surface area contributed by atoms with Crippen LogP contribution in [-0.2, 0) is 0 Å². The van der Waals surface area contributed by atoms with Gasteiger partial charge >= 0.3 is 0 Å². The second-order valence-corrected chi connectivity index (χ2v) is 4.93. The van der Waals surface area contributed by atoms with Gasteiger partial charge in [-0.2, -0.15) is 4.98 Å². The fraction of sp³-hybridized carbons (Fsp3) is 0.429. The lowest BCUT2D eigenvalue weighted by Crippen LogP contribution is -2.18. The van der Waals surface area contributed by atoms with Gasteiger partial charge in [0.25, 0.3) is 5.89 Å². The number of hydrogen-bond donors (Lipinski definition) is 1. The van der Waals surface area contributed by atoms with Gasteiger partial charge in [0, 0.05) is 0 Å². The molecule has 1 aromatic heterocycles. The smallest absolute Gasteiger partial charge is 0.261 e. The summed E-state index contributed by atoms with van der Waals surface area (Å²) in [4.78, 5) is 4.36. The first kappa shape index (κ1) is 13.5. The Bertz CT molecular complexity index is 564. The maximum absolute atomic E-state index is 6.01. The zero-order valence-electron chi connectivity index (χ0n) is 11.7. The first-order chi connectivity index (χ1) is 9.02. The number of aryl methyl sites for hydroxylation is 1. The molecule has 0 saturated carbocycles. The van der Waals surface area contributed by atoms with E-state index in [2.05, 4.69) is 10.1 Å². The van der Waals surface area contributed by atoms with Gasteiger partial charge in [-0.3, -0.25) is 0 Å². The van der Waals surface area contributed by atoms with Gasteiger partial charge in [0.15, 0.2) is 5.82 Å². The Hall–Kier alpha value is -1.88. The number of ether oxygens (including phenoxy) is 1. The molecule has 0 bridgehead atoms. The molecule has 0 spiro atoms. The first-order valence-corrected chi connectivity index (χ1v) is 6.27. The van der Waals surface area contributed by atoms with Crippen molar-refractivity contribution < 1.29 is 9.26 Å². The van der Waals surface area contributed by atoms with Gasteiger partial charge < -0.3 is 15.0 Å². The van der Waals surface area contributed by atoms with Crippen molar-refractivity contribution in [3.05, 3.63) is 29.6 Å². The number of aromatic nitrogens is 2. The van der Waals surface area contributed by atoms with Crippen molar-refractivity contribution in [1.29, 1.82) is 0 Å². The lowest BCUT2D eigenvalue weighted by molar-refractivity contribution is 0.392. The van der Waals surface area contributed by atoms with Crippen LogP contribution in [0.5, 0.6) is 5.75 Å². The molecule has 0 radical (unpaired) electrons. The number of rotatable bonds is 4. The molecule has 1 heterocycles. The quantitative estimate of drug-likeness (QED) is 0.915. The van der Waals surface area contributed by atoms with Crippen molar-refractivity contribution in [1.82, 2.24) is 10.1 Å². The number of nitrogens with two attached hydrogens (primary N) is 1. The fourth-order valence-electron chi connectivity index (χ4n) is 1.75. The van der Waals surface area contributed by atoms with Crippen LogP contribution in [-0.4, -0.2) is 17.3 Å². The highest BCUT2D eigenvalue weighted by molar-refractivity contribution is 5.63. The van der Waals surface area contributed by atoms with Crippen LogP contribution in [0.25, 0.3) is 11.5 Å². The maximum atomic E-state index is 6.01. The van der Waals surface area contributed by atoms with Gasteiger partial charge in [-0.1, -0.05) is 25.1 Å². The lowest BCUT2D eigenvalue weighted by atomic mass is 10.1. The molecule has 19 heavy (non-hydrogen) atoms. The summed E-state index contributed by atoms with van der Waals surface area (Å²) in [6.07, 6.45) is 0. The number of nitrogens with zero attached hydrogens (tertiary/aromatic N) is 2. The monoisotopic (exact) mass is 261 g/mol. The van der Waals surface area contributed by atoms with Gasteiger partial charge in [0.2, 0.25) is 0 Å². The van der Waals surface area contributed by atoms with Crippen LogP contribution in [0.3, 0.4) is 0 Å². The predicted octanol–water partition coefficient (Wildman–Crippen LogP) is 2.71. The molecule has 2 aromatic rings. The molecule has 0 fully saturated rings. The summed E-state index contributed by atoms with van der Waals surface area (Å²) in [6.45, 7) is 6.04. The highest BCUT2D eigenvalue weighted by Gasteiger charge is 2.19. The summed E-state index contributed by atoms with van der Waals surface area (Å²) in [5.41, 5.74) is 7.90. The van der Waals surface area contributed by atoms with Gasteiger partial charge in [-0.25, -0.2) is 0 Å². The molecule has 102 valence electrons. The first-order valence-electron chi connectivity index (χ1n) is 6.27. The number of methoxy groups -OCH3 is 1. The molecule has 0 saturated heterocycles. The van der Waals surface area contributed by atoms with E-state index >= 15 is 0 Å². The van der Waals surface area contributed by atoms with Crippen LogP contribution in [0.4, 0.5) is 0 Å². The van der Waals surface area contributed by atoms with E-state index in [1.807, 2.05) is 39.0 Å². The van der Waals surface area contributed by atoms with Crippen molar-refractivity contribution >= 4 is 0 Å². The topological polar surface area (TPSA) is 74.2 Å². The molecule has 0 aliphatic heterocycles. The zero-order chi connectivity index (χ0) is 14.0. The Kier molecular flexibility index (Phi) is 3.85. The van der Waals surface area contributed by atoms with Gasteiger partial charge in [0.1, 0.15) is 5.75 Å². The van der Waals surface area contributed by atoms with E-state index < -0.39 is 0 Å². The van der Waals surface area contributed by atoms with Crippen LogP contribution in [0, 0.1) is 12.8 Å². The third kappa shape index (κ3) is 2.76. The largest absolute Gasteiger partial charge is 0.496 e. The molecule has 5 nitrogen and oxygen atoms in total. The standard InChI is InChI=1S/C14H19N3O2/c1-8(2)12(15)13-16-14(19-17-13)10-6-5-9(3)7-11(10)18-4/h5-8,12H,15H2,1-4H3. The van der Waals surface area contributed by atoms with Crippen molar-refractivity contribution in [3.8, 4) is 17.2 Å². The van der Waals surface area contributed by atoms with Crippen LogP contribution >= 0.6 is 0 Å². The van der Waals surface area contributed by atoms with Crippen molar-refractivity contribution in [2.45, 2.75) is 26.8 Å². The molecule has 0 aliphatic carbocycles. The summed E-state index contributed by atoms with van der Waals surface area (Å²) in [5, 5.41) is 3.94. The van der Waals surface area contributed by atoms with Crippen LogP contribution < -0.4 is 10.5 Å². The summed E-state index contributed by atoms with van der Waals surface area (Å²) < 4.78 is 10.6. The highest BCUT2D eigenvalue weighted by Crippen LogP contribution is 2.30. The summed E-state index contributed by atoms with van der Waals surface area (Å²) in [5.74, 6) is 1.93.